The number of nitrogens with zero attached hydrogens (tertiary/aromatic N) is 3. The SMILES string of the molecule is Cc1cc(-n2cc(F)cn2)c2cccc(OCc3c(Cl)cc(F)cc3C3COCC(=O)N3)c2n1. The summed E-state index contributed by atoms with van der Waals surface area (Å²) in [6, 6.07) is 9.16. The van der Waals surface area contributed by atoms with Gasteiger partial charge in [-0.05, 0) is 36.8 Å². The molecule has 2 aromatic heterocycles. The second-order valence-electron chi connectivity index (χ2n) is 7.92. The number of halogens is 3. The van der Waals surface area contributed by atoms with Gasteiger partial charge in [-0.15, -0.1) is 0 Å². The van der Waals surface area contributed by atoms with E-state index in [1.807, 2.05) is 13.0 Å². The fourth-order valence-electron chi connectivity index (χ4n) is 4.02. The highest BCUT2D eigenvalue weighted by Gasteiger charge is 2.25. The summed E-state index contributed by atoms with van der Waals surface area (Å²) in [5, 5.41) is 7.74. The van der Waals surface area contributed by atoms with E-state index < -0.39 is 17.7 Å². The fourth-order valence-corrected chi connectivity index (χ4v) is 4.29. The predicted octanol–water partition coefficient (Wildman–Crippen LogP) is 4.43. The molecule has 0 radical (unpaired) electrons. The molecule has 1 aliphatic heterocycles. The molecule has 10 heteroatoms. The van der Waals surface area contributed by atoms with Crippen molar-refractivity contribution < 1.29 is 23.0 Å². The molecule has 0 aliphatic carbocycles. The Morgan fingerprint density at radius 3 is 2.88 bits per heavy atom. The van der Waals surface area contributed by atoms with Gasteiger partial charge >= 0.3 is 0 Å². The molecule has 7 nitrogen and oxygen atoms in total. The summed E-state index contributed by atoms with van der Waals surface area (Å²) in [4.78, 5) is 16.4. The number of ether oxygens (including phenoxy) is 2. The maximum Gasteiger partial charge on any atom is 0.246 e. The number of hydrogen-bond donors (Lipinski definition) is 1. The van der Waals surface area contributed by atoms with Crippen LogP contribution in [0.5, 0.6) is 5.75 Å². The van der Waals surface area contributed by atoms with Crippen LogP contribution in [0.2, 0.25) is 5.02 Å². The zero-order valence-electron chi connectivity index (χ0n) is 18.0. The smallest absolute Gasteiger partial charge is 0.246 e. The van der Waals surface area contributed by atoms with Crippen molar-refractivity contribution in [3.63, 3.8) is 0 Å². The van der Waals surface area contributed by atoms with Crippen molar-refractivity contribution in [2.24, 2.45) is 0 Å². The minimum atomic E-state index is -0.553. The number of aromatic nitrogens is 3. The minimum Gasteiger partial charge on any atom is -0.487 e. The predicted molar refractivity (Wildman–Crippen MR) is 121 cm³/mol. The van der Waals surface area contributed by atoms with E-state index in [2.05, 4.69) is 15.4 Å². The van der Waals surface area contributed by atoms with Gasteiger partial charge in [-0.3, -0.25) is 4.79 Å². The monoisotopic (exact) mass is 484 g/mol. The lowest BCUT2D eigenvalue weighted by Gasteiger charge is -2.26. The molecule has 34 heavy (non-hydrogen) atoms. The summed E-state index contributed by atoms with van der Waals surface area (Å²) < 4.78 is 40.6. The molecule has 1 aliphatic rings. The lowest BCUT2D eigenvalue weighted by Crippen LogP contribution is -2.40. The zero-order valence-corrected chi connectivity index (χ0v) is 18.8. The first-order valence-corrected chi connectivity index (χ1v) is 10.9. The minimum absolute atomic E-state index is 0.00127. The van der Waals surface area contributed by atoms with Crippen LogP contribution in [0.3, 0.4) is 0 Å². The summed E-state index contributed by atoms with van der Waals surface area (Å²) in [7, 11) is 0. The number of fused-ring (bicyclic) bond motifs is 1. The number of carbonyl (C=O) groups is 1. The van der Waals surface area contributed by atoms with Crippen molar-refractivity contribution in [3.8, 4) is 11.4 Å². The lowest BCUT2D eigenvalue weighted by atomic mass is 10.00. The van der Waals surface area contributed by atoms with Crippen LogP contribution < -0.4 is 10.1 Å². The first-order chi connectivity index (χ1) is 16.4. The third kappa shape index (κ3) is 4.32. The third-order valence-corrected chi connectivity index (χ3v) is 5.84. The Bertz CT molecular complexity index is 1410. The van der Waals surface area contributed by atoms with Crippen LogP contribution in [0.1, 0.15) is 22.9 Å². The first kappa shape index (κ1) is 22.2. The Kier molecular flexibility index (Phi) is 5.89. The van der Waals surface area contributed by atoms with E-state index in [1.54, 1.807) is 18.2 Å². The van der Waals surface area contributed by atoms with Crippen LogP contribution >= 0.6 is 11.6 Å². The summed E-state index contributed by atoms with van der Waals surface area (Å²) in [5.41, 5.74) is 2.91. The van der Waals surface area contributed by atoms with Gasteiger partial charge < -0.3 is 14.8 Å². The van der Waals surface area contributed by atoms with E-state index in [0.29, 0.717) is 39.2 Å². The molecule has 4 aromatic rings. The molecule has 5 rings (SSSR count). The second kappa shape index (κ2) is 9.00. The maximum atomic E-state index is 14.2. The Labute approximate surface area is 198 Å². The first-order valence-electron chi connectivity index (χ1n) is 10.5. The molecule has 1 N–H and O–H groups in total. The molecule has 1 saturated heterocycles. The van der Waals surface area contributed by atoms with E-state index in [1.165, 1.54) is 23.0 Å². The summed E-state index contributed by atoms with van der Waals surface area (Å²) in [6.07, 6.45) is 2.42. The molecule has 0 bridgehead atoms. The Hall–Kier alpha value is -3.56. The highest BCUT2D eigenvalue weighted by atomic mass is 35.5. The molecule has 1 fully saturated rings. The van der Waals surface area contributed by atoms with Crippen molar-refractivity contribution in [1.82, 2.24) is 20.1 Å². The van der Waals surface area contributed by atoms with Crippen molar-refractivity contribution in [2.75, 3.05) is 13.2 Å². The van der Waals surface area contributed by atoms with Crippen molar-refractivity contribution >= 4 is 28.4 Å². The van der Waals surface area contributed by atoms with Crippen LogP contribution in [-0.2, 0) is 16.1 Å². The molecule has 0 saturated carbocycles. The molecule has 174 valence electrons. The Balaban J connectivity index is 1.52. The molecule has 1 unspecified atom stereocenters. The standard InChI is InChI=1S/C24H19ClF2N4O3/c1-13-5-21(31-9-15(27)8-28-31)16-3-2-4-22(24(16)29-13)34-10-18-17(6-14(26)7-19(18)25)20-11-33-12-23(32)30-20/h2-9,20H,10-12H2,1H3,(H,30,32). The van der Waals surface area contributed by atoms with E-state index in [4.69, 9.17) is 21.1 Å². The van der Waals surface area contributed by atoms with E-state index in [0.717, 1.165) is 6.20 Å². The average Bonchev–Trinajstić information content (AvgIpc) is 3.23. The van der Waals surface area contributed by atoms with Crippen LogP contribution in [0.4, 0.5) is 8.78 Å². The van der Waals surface area contributed by atoms with Gasteiger partial charge in [-0.2, -0.15) is 5.10 Å². The van der Waals surface area contributed by atoms with Crippen LogP contribution in [-0.4, -0.2) is 33.9 Å². The summed E-state index contributed by atoms with van der Waals surface area (Å²) in [6.45, 7) is 1.97. The molecule has 1 amide bonds. The van der Waals surface area contributed by atoms with Gasteiger partial charge in [-0.1, -0.05) is 23.7 Å². The summed E-state index contributed by atoms with van der Waals surface area (Å²) >= 11 is 6.37. The number of para-hydroxylation sites is 1. The van der Waals surface area contributed by atoms with Gasteiger partial charge in [0.05, 0.1) is 35.8 Å². The number of pyridine rings is 1. The largest absolute Gasteiger partial charge is 0.487 e. The number of morpholine rings is 1. The Morgan fingerprint density at radius 1 is 1.26 bits per heavy atom. The molecule has 1 atom stereocenters. The van der Waals surface area contributed by atoms with Crippen LogP contribution in [0.15, 0.2) is 48.8 Å². The van der Waals surface area contributed by atoms with Gasteiger partial charge in [0.25, 0.3) is 0 Å². The normalized spacial score (nSPS) is 16.0. The topological polar surface area (TPSA) is 78.3 Å². The van der Waals surface area contributed by atoms with Gasteiger partial charge in [-0.25, -0.2) is 18.4 Å². The third-order valence-electron chi connectivity index (χ3n) is 5.50. The number of benzene rings is 2. The second-order valence-corrected chi connectivity index (χ2v) is 8.32. The number of rotatable bonds is 5. The van der Waals surface area contributed by atoms with E-state index >= 15 is 0 Å². The molecule has 3 heterocycles. The van der Waals surface area contributed by atoms with Gasteiger partial charge in [0.15, 0.2) is 5.82 Å². The molecular formula is C24H19ClF2N4O3. The molecular weight excluding hydrogens is 466 g/mol. The number of hydrogen-bond acceptors (Lipinski definition) is 5. The highest BCUT2D eigenvalue weighted by molar-refractivity contribution is 6.31. The molecule has 2 aromatic carbocycles. The molecule has 0 spiro atoms. The fraction of sp³-hybridized carbons (Fsp3) is 0.208. The number of carbonyl (C=O) groups excluding carboxylic acids is 1. The van der Waals surface area contributed by atoms with Gasteiger partial charge in [0.1, 0.15) is 30.3 Å². The number of nitrogens with one attached hydrogen (secondary N) is 1. The average molecular weight is 485 g/mol. The highest BCUT2D eigenvalue weighted by Crippen LogP contribution is 2.33. The van der Waals surface area contributed by atoms with Crippen LogP contribution in [0, 0.1) is 18.6 Å². The zero-order chi connectivity index (χ0) is 23.8. The number of amides is 1. The lowest BCUT2D eigenvalue weighted by molar-refractivity contribution is -0.131. The van der Waals surface area contributed by atoms with Gasteiger partial charge in [0, 0.05) is 16.6 Å². The van der Waals surface area contributed by atoms with E-state index in [-0.39, 0.29) is 30.8 Å². The quantitative estimate of drug-likeness (QED) is 0.453. The van der Waals surface area contributed by atoms with Crippen molar-refractivity contribution in [3.05, 3.63) is 82.3 Å². The maximum absolute atomic E-state index is 14.2. The number of aryl methyl sites for hydroxylation is 1. The van der Waals surface area contributed by atoms with Crippen LogP contribution in [0.25, 0.3) is 16.6 Å². The Morgan fingerprint density at radius 2 is 2.12 bits per heavy atom. The van der Waals surface area contributed by atoms with E-state index in [9.17, 15) is 13.6 Å². The van der Waals surface area contributed by atoms with Crippen molar-refractivity contribution in [2.45, 2.75) is 19.6 Å². The summed E-state index contributed by atoms with van der Waals surface area (Å²) in [5.74, 6) is -0.806. The van der Waals surface area contributed by atoms with Gasteiger partial charge in [0.2, 0.25) is 5.91 Å². The van der Waals surface area contributed by atoms with Crippen molar-refractivity contribution in [1.29, 1.82) is 0 Å².